The predicted octanol–water partition coefficient (Wildman–Crippen LogP) is 8.35. The van der Waals surface area contributed by atoms with Crippen molar-refractivity contribution in [1.82, 2.24) is 14.9 Å². The maximum absolute atomic E-state index is 17.4. The van der Waals surface area contributed by atoms with E-state index < -0.39 is 59.9 Å². The summed E-state index contributed by atoms with van der Waals surface area (Å²) in [6.07, 6.45) is -1.91. The molecule has 5 atom stereocenters. The van der Waals surface area contributed by atoms with Gasteiger partial charge in [0.1, 0.15) is 34.8 Å². The molecule has 6 heterocycles. The molecule has 276 valence electrons. The van der Waals surface area contributed by atoms with Gasteiger partial charge in [-0.2, -0.15) is 24.0 Å². The number of aromatic nitrogens is 2. The number of anilines is 2. The number of hydrogen-bond donors (Lipinski definition) is 1. The smallest absolute Gasteiger partial charge is 0.348 e. The van der Waals surface area contributed by atoms with Crippen LogP contribution >= 0.6 is 22.9 Å². The first-order chi connectivity index (χ1) is 24.9. The Hall–Kier alpha value is -3.78. The standard InChI is InChI=1S/C35H33ClF6N6O3S/c1-15-11-35(7-3-8-47(35)13-15)14-49-34-45-27-24-28(25(36)23(26(27)38)17-5-6-19(37)29-22(17)18(12-43)31(44)52-29)50-21(51-33(41)42)10-20-16(30(39)40)4-2-9-48(20)32(24)46-34/h5-6,15-16,20-21,30,33H,2-4,7-11,13-14,44H2,1H3/t15-,16?,20?,21?,35?/m1/s1. The summed E-state index contributed by atoms with van der Waals surface area (Å²) in [5.41, 5.74) is 4.88. The first-order valence-corrected chi connectivity index (χ1v) is 18.3. The molecule has 0 amide bonds. The molecule has 4 aromatic rings. The average Bonchev–Trinajstić information content (AvgIpc) is 3.74. The molecule has 8 rings (SSSR count). The van der Waals surface area contributed by atoms with Crippen molar-refractivity contribution in [1.29, 1.82) is 5.26 Å². The highest BCUT2D eigenvalue weighted by Crippen LogP contribution is 2.52. The Morgan fingerprint density at radius 3 is 2.73 bits per heavy atom. The molecular formula is C35H33ClF6N6O3S. The second-order valence-electron chi connectivity index (χ2n) is 14.1. The lowest BCUT2D eigenvalue weighted by molar-refractivity contribution is -0.222. The van der Waals surface area contributed by atoms with Crippen LogP contribution in [0.25, 0.3) is 32.1 Å². The number of nitriles is 1. The third kappa shape index (κ3) is 5.66. The first kappa shape index (κ1) is 35.3. The number of nitrogens with zero attached hydrogens (tertiary/aromatic N) is 5. The molecule has 9 nitrogen and oxygen atoms in total. The van der Waals surface area contributed by atoms with Crippen molar-refractivity contribution in [2.75, 3.05) is 36.9 Å². The lowest BCUT2D eigenvalue weighted by Crippen LogP contribution is -2.51. The van der Waals surface area contributed by atoms with Gasteiger partial charge in [-0.25, -0.2) is 17.6 Å². The van der Waals surface area contributed by atoms with Crippen LogP contribution < -0.4 is 20.1 Å². The summed E-state index contributed by atoms with van der Waals surface area (Å²) in [6, 6.07) is 2.93. The number of rotatable bonds is 7. The van der Waals surface area contributed by atoms with Gasteiger partial charge in [-0.3, -0.25) is 9.64 Å². The van der Waals surface area contributed by atoms with E-state index in [-0.39, 0.29) is 79.9 Å². The summed E-state index contributed by atoms with van der Waals surface area (Å²) in [7, 11) is 0. The molecule has 0 aliphatic carbocycles. The number of nitrogens with two attached hydrogens (primary N) is 1. The lowest BCUT2D eigenvalue weighted by Gasteiger charge is -2.44. The Morgan fingerprint density at radius 1 is 1.17 bits per heavy atom. The van der Waals surface area contributed by atoms with Gasteiger partial charge in [0.15, 0.2) is 11.6 Å². The van der Waals surface area contributed by atoms with Crippen molar-refractivity contribution in [2.24, 2.45) is 11.8 Å². The summed E-state index contributed by atoms with van der Waals surface area (Å²) in [5.74, 6) is -2.95. The highest BCUT2D eigenvalue weighted by atomic mass is 35.5. The van der Waals surface area contributed by atoms with Crippen molar-refractivity contribution >= 4 is 54.7 Å². The first-order valence-electron chi connectivity index (χ1n) is 17.1. The van der Waals surface area contributed by atoms with E-state index in [2.05, 4.69) is 16.8 Å². The number of halogens is 7. The van der Waals surface area contributed by atoms with E-state index in [4.69, 9.17) is 36.5 Å². The quantitative estimate of drug-likeness (QED) is 0.186. The van der Waals surface area contributed by atoms with Crippen molar-refractivity contribution in [3.8, 4) is 29.0 Å². The van der Waals surface area contributed by atoms with Crippen LogP contribution in [0.1, 0.15) is 51.0 Å². The third-order valence-electron chi connectivity index (χ3n) is 11.0. The third-order valence-corrected chi connectivity index (χ3v) is 12.4. The topological polar surface area (TPSA) is 110 Å². The fourth-order valence-corrected chi connectivity index (χ4v) is 10.2. The summed E-state index contributed by atoms with van der Waals surface area (Å²) < 4.78 is 106. The second kappa shape index (κ2) is 13.3. The molecule has 4 aliphatic heterocycles. The van der Waals surface area contributed by atoms with E-state index in [0.717, 1.165) is 49.8 Å². The van der Waals surface area contributed by atoms with E-state index in [9.17, 15) is 22.8 Å². The molecule has 0 radical (unpaired) electrons. The largest absolute Gasteiger partial charge is 0.462 e. The highest BCUT2D eigenvalue weighted by molar-refractivity contribution is 7.23. The Labute approximate surface area is 303 Å². The zero-order valence-electron chi connectivity index (χ0n) is 27.8. The maximum Gasteiger partial charge on any atom is 0.348 e. The van der Waals surface area contributed by atoms with Crippen molar-refractivity contribution in [2.45, 2.75) is 76.4 Å². The van der Waals surface area contributed by atoms with E-state index in [1.807, 2.05) is 6.07 Å². The Balaban J connectivity index is 1.39. The molecule has 17 heteroatoms. The second-order valence-corrected chi connectivity index (χ2v) is 15.5. The van der Waals surface area contributed by atoms with E-state index in [0.29, 0.717) is 12.3 Å². The average molecular weight is 767 g/mol. The zero-order chi connectivity index (χ0) is 36.6. The van der Waals surface area contributed by atoms with Crippen molar-refractivity contribution < 1.29 is 40.6 Å². The lowest BCUT2D eigenvalue weighted by atomic mass is 9.86. The molecule has 0 spiro atoms. The summed E-state index contributed by atoms with van der Waals surface area (Å²) >= 11 is 7.77. The van der Waals surface area contributed by atoms with Gasteiger partial charge in [-0.05, 0) is 56.2 Å². The molecule has 3 fully saturated rings. The van der Waals surface area contributed by atoms with Crippen LogP contribution in [-0.4, -0.2) is 72.0 Å². The number of ether oxygens (including phenoxy) is 3. The molecule has 3 saturated heterocycles. The Kier molecular flexibility index (Phi) is 8.99. The number of thiophene rings is 1. The van der Waals surface area contributed by atoms with Gasteiger partial charge in [0.05, 0.1) is 26.2 Å². The number of nitrogen functional groups attached to an aromatic ring is 1. The van der Waals surface area contributed by atoms with Crippen LogP contribution in [0, 0.1) is 34.8 Å². The van der Waals surface area contributed by atoms with Gasteiger partial charge in [0.25, 0.3) is 0 Å². The fourth-order valence-electron chi connectivity index (χ4n) is 8.90. The molecule has 0 bridgehead atoms. The molecule has 2 aromatic carbocycles. The van der Waals surface area contributed by atoms with Gasteiger partial charge in [-0.15, -0.1) is 11.3 Å². The van der Waals surface area contributed by atoms with E-state index >= 15 is 8.78 Å². The van der Waals surface area contributed by atoms with Crippen molar-refractivity contribution in [3.05, 3.63) is 34.4 Å². The van der Waals surface area contributed by atoms with Gasteiger partial charge in [0.2, 0.25) is 12.7 Å². The monoisotopic (exact) mass is 766 g/mol. The van der Waals surface area contributed by atoms with Crippen LogP contribution in [0.3, 0.4) is 0 Å². The summed E-state index contributed by atoms with van der Waals surface area (Å²) in [4.78, 5) is 13.1. The maximum atomic E-state index is 17.4. The minimum atomic E-state index is -3.36. The number of benzene rings is 2. The molecule has 52 heavy (non-hydrogen) atoms. The van der Waals surface area contributed by atoms with Crippen LogP contribution in [0.5, 0.6) is 11.8 Å². The van der Waals surface area contributed by atoms with Gasteiger partial charge in [-0.1, -0.05) is 24.6 Å². The molecular weight excluding hydrogens is 734 g/mol. The normalized spacial score (nSPS) is 26.1. The number of piperidine rings is 1. The highest BCUT2D eigenvalue weighted by Gasteiger charge is 2.48. The van der Waals surface area contributed by atoms with E-state index in [1.165, 1.54) is 6.07 Å². The summed E-state index contributed by atoms with van der Waals surface area (Å²) in [5, 5.41) is 9.35. The van der Waals surface area contributed by atoms with E-state index in [1.54, 1.807) is 4.90 Å². The van der Waals surface area contributed by atoms with Crippen molar-refractivity contribution in [3.63, 3.8) is 0 Å². The van der Waals surface area contributed by atoms with Gasteiger partial charge in [0, 0.05) is 42.4 Å². The minimum absolute atomic E-state index is 0.00416. The number of hydrogen-bond acceptors (Lipinski definition) is 10. The van der Waals surface area contributed by atoms with Crippen LogP contribution in [-0.2, 0) is 4.74 Å². The SMILES string of the molecule is C[C@H]1CN2CCCC2(COc2nc3c4c(c(Cl)c(-c5ccc(F)c6sc(N)c(C#N)c56)c(F)c4n2)OC(OC(F)F)CC2C(C(F)F)CCCN32)C1. The zero-order valence-corrected chi connectivity index (χ0v) is 29.4. The number of alkyl halides is 4. The Morgan fingerprint density at radius 2 is 1.98 bits per heavy atom. The van der Waals surface area contributed by atoms with Gasteiger partial charge >= 0.3 is 12.6 Å². The number of fused-ring (bicyclic) bond motifs is 4. The Bertz CT molecular complexity index is 2120. The van der Waals surface area contributed by atoms with Crippen LogP contribution in [0.2, 0.25) is 5.02 Å². The molecule has 4 aliphatic rings. The van der Waals surface area contributed by atoms with Gasteiger partial charge < -0.3 is 20.1 Å². The molecule has 2 N–H and O–H groups in total. The molecule has 4 unspecified atom stereocenters. The fraction of sp³-hybridized carbons (Fsp3) is 0.514. The van der Waals surface area contributed by atoms with Crippen LogP contribution in [0.15, 0.2) is 12.1 Å². The summed E-state index contributed by atoms with van der Waals surface area (Å²) in [6.45, 7) is 0.987. The van der Waals surface area contributed by atoms with Crippen LogP contribution in [0.4, 0.5) is 37.2 Å². The predicted molar refractivity (Wildman–Crippen MR) is 183 cm³/mol. The molecule has 0 saturated carbocycles. The minimum Gasteiger partial charge on any atom is -0.462 e. The molecule has 2 aromatic heterocycles.